The van der Waals surface area contributed by atoms with Crippen molar-refractivity contribution < 1.29 is 27.8 Å². The maximum atomic E-state index is 12.8. The molecule has 0 saturated carbocycles. The monoisotopic (exact) mass is 468 g/mol. The van der Waals surface area contributed by atoms with Crippen LogP contribution in [0, 0.1) is 0 Å². The molecule has 12 heteroatoms. The molecule has 0 aliphatic carbocycles. The summed E-state index contributed by atoms with van der Waals surface area (Å²) in [6, 6.07) is 6.54. The van der Waals surface area contributed by atoms with Crippen molar-refractivity contribution in [2.24, 2.45) is 0 Å². The zero-order valence-corrected chi connectivity index (χ0v) is 18.5. The Morgan fingerprint density at radius 3 is 2.55 bits per heavy atom. The van der Waals surface area contributed by atoms with E-state index in [9.17, 15) is 13.2 Å². The number of aromatic nitrogens is 3. The first-order chi connectivity index (χ1) is 14.9. The SMILES string of the molecule is O=C(O)CSc1nnc(-c2ccc(S(=O)(=O)N3CCOCC3)cc2)n1CC1CCCO1. The van der Waals surface area contributed by atoms with Gasteiger partial charge in [-0.1, -0.05) is 11.8 Å². The number of hydrogen-bond acceptors (Lipinski definition) is 8. The molecule has 0 bridgehead atoms. The van der Waals surface area contributed by atoms with E-state index < -0.39 is 16.0 Å². The van der Waals surface area contributed by atoms with Crippen molar-refractivity contribution in [3.8, 4) is 11.4 Å². The largest absolute Gasteiger partial charge is 0.481 e. The third-order valence-corrected chi connectivity index (χ3v) is 8.04. The molecule has 1 aromatic carbocycles. The molecule has 2 aromatic rings. The molecule has 10 nitrogen and oxygen atoms in total. The molecule has 31 heavy (non-hydrogen) atoms. The van der Waals surface area contributed by atoms with Gasteiger partial charge in [-0.25, -0.2) is 8.42 Å². The van der Waals surface area contributed by atoms with Gasteiger partial charge < -0.3 is 14.6 Å². The lowest BCUT2D eigenvalue weighted by atomic mass is 10.2. The van der Waals surface area contributed by atoms with Crippen LogP contribution in [-0.4, -0.2) is 83.3 Å². The molecule has 2 aliphatic rings. The molecule has 168 valence electrons. The van der Waals surface area contributed by atoms with Gasteiger partial charge in [0, 0.05) is 25.3 Å². The number of carbonyl (C=O) groups is 1. The zero-order chi connectivity index (χ0) is 21.8. The van der Waals surface area contributed by atoms with Crippen molar-refractivity contribution in [3.63, 3.8) is 0 Å². The number of carboxylic acid groups (broad SMARTS) is 1. The van der Waals surface area contributed by atoms with Crippen LogP contribution >= 0.6 is 11.8 Å². The van der Waals surface area contributed by atoms with Gasteiger partial charge in [-0.05, 0) is 37.1 Å². The number of hydrogen-bond donors (Lipinski definition) is 1. The van der Waals surface area contributed by atoms with Crippen molar-refractivity contribution in [2.45, 2.75) is 35.5 Å². The molecule has 4 rings (SSSR count). The third kappa shape index (κ3) is 5.09. The molecule has 1 aromatic heterocycles. The number of nitrogens with zero attached hydrogens (tertiary/aromatic N) is 4. The summed E-state index contributed by atoms with van der Waals surface area (Å²) in [5.74, 6) is -0.505. The maximum absolute atomic E-state index is 12.8. The Kier molecular flexibility index (Phi) is 6.92. The topological polar surface area (TPSA) is 124 Å². The van der Waals surface area contributed by atoms with Crippen LogP contribution in [0.5, 0.6) is 0 Å². The second kappa shape index (κ2) is 9.65. The molecule has 2 fully saturated rings. The summed E-state index contributed by atoms with van der Waals surface area (Å²) in [6.45, 7) is 2.67. The van der Waals surface area contributed by atoms with Gasteiger partial charge in [-0.15, -0.1) is 10.2 Å². The van der Waals surface area contributed by atoms with Crippen LogP contribution in [0.4, 0.5) is 0 Å². The lowest BCUT2D eigenvalue weighted by Gasteiger charge is -2.26. The molecule has 1 N–H and O–H groups in total. The normalized spacial score (nSPS) is 20.2. The van der Waals surface area contributed by atoms with Crippen LogP contribution in [-0.2, 0) is 30.8 Å². The number of thioether (sulfide) groups is 1. The van der Waals surface area contributed by atoms with E-state index >= 15 is 0 Å². The molecular weight excluding hydrogens is 444 g/mol. The van der Waals surface area contributed by atoms with Crippen molar-refractivity contribution in [3.05, 3.63) is 24.3 Å². The number of ether oxygens (including phenoxy) is 2. The highest BCUT2D eigenvalue weighted by atomic mass is 32.2. The van der Waals surface area contributed by atoms with Crippen LogP contribution in [0.15, 0.2) is 34.3 Å². The first kappa shape index (κ1) is 22.2. The fourth-order valence-electron chi connectivity index (χ4n) is 3.60. The van der Waals surface area contributed by atoms with Gasteiger partial charge in [-0.2, -0.15) is 4.31 Å². The molecule has 0 radical (unpaired) electrons. The number of rotatable bonds is 8. The smallest absolute Gasteiger partial charge is 0.313 e. The van der Waals surface area contributed by atoms with Gasteiger partial charge in [-0.3, -0.25) is 9.36 Å². The lowest BCUT2D eigenvalue weighted by molar-refractivity contribution is -0.133. The van der Waals surface area contributed by atoms with Gasteiger partial charge in [0.05, 0.1) is 36.5 Å². The molecule has 1 unspecified atom stereocenters. The highest BCUT2D eigenvalue weighted by Crippen LogP contribution is 2.28. The molecular formula is C19H24N4O6S2. The standard InChI is InChI=1S/C19H24N4O6S2/c24-17(25)13-30-19-21-20-18(23(19)12-15-2-1-9-29-15)14-3-5-16(6-4-14)31(26,27)22-7-10-28-11-8-22/h3-6,15H,1-2,7-13H2,(H,24,25). The lowest BCUT2D eigenvalue weighted by Crippen LogP contribution is -2.40. The fourth-order valence-corrected chi connectivity index (χ4v) is 5.68. The number of morpholine rings is 1. The Bertz CT molecular complexity index is 1010. The Hall–Kier alpha value is -1.99. The van der Waals surface area contributed by atoms with E-state index in [2.05, 4.69) is 10.2 Å². The Balaban J connectivity index is 1.60. The van der Waals surface area contributed by atoms with Gasteiger partial charge >= 0.3 is 5.97 Å². The second-order valence-corrected chi connectivity index (χ2v) is 10.2. The summed E-state index contributed by atoms with van der Waals surface area (Å²) in [5, 5.41) is 17.9. The van der Waals surface area contributed by atoms with E-state index in [1.807, 2.05) is 4.57 Å². The van der Waals surface area contributed by atoms with Crippen LogP contribution in [0.2, 0.25) is 0 Å². The summed E-state index contributed by atoms with van der Waals surface area (Å²) in [6.07, 6.45) is 1.91. The van der Waals surface area contributed by atoms with Gasteiger partial charge in [0.1, 0.15) is 0 Å². The maximum Gasteiger partial charge on any atom is 0.313 e. The van der Waals surface area contributed by atoms with Crippen LogP contribution in [0.1, 0.15) is 12.8 Å². The Morgan fingerprint density at radius 1 is 1.16 bits per heavy atom. The molecule has 3 heterocycles. The average Bonchev–Trinajstić information content (AvgIpc) is 3.43. The average molecular weight is 469 g/mol. The highest BCUT2D eigenvalue weighted by molar-refractivity contribution is 7.99. The van der Waals surface area contributed by atoms with Crippen LogP contribution in [0.25, 0.3) is 11.4 Å². The van der Waals surface area contributed by atoms with E-state index in [0.717, 1.165) is 24.6 Å². The van der Waals surface area contributed by atoms with Gasteiger partial charge in [0.2, 0.25) is 10.0 Å². The predicted octanol–water partition coefficient (Wildman–Crippen LogP) is 1.32. The van der Waals surface area contributed by atoms with Crippen molar-refractivity contribution in [1.29, 1.82) is 0 Å². The molecule has 0 spiro atoms. The molecule has 0 amide bonds. The van der Waals surface area contributed by atoms with Gasteiger partial charge in [0.25, 0.3) is 0 Å². The first-order valence-corrected chi connectivity index (χ1v) is 12.5. The van der Waals surface area contributed by atoms with Crippen LogP contribution in [0.3, 0.4) is 0 Å². The fraction of sp³-hybridized carbons (Fsp3) is 0.526. The number of benzene rings is 1. The number of aliphatic carboxylic acids is 1. The Labute approximate surface area is 184 Å². The van der Waals surface area contributed by atoms with E-state index in [1.165, 1.54) is 4.31 Å². The van der Waals surface area contributed by atoms with E-state index in [1.54, 1.807) is 24.3 Å². The van der Waals surface area contributed by atoms with Crippen molar-refractivity contribution in [1.82, 2.24) is 19.1 Å². The van der Waals surface area contributed by atoms with Crippen molar-refractivity contribution in [2.75, 3.05) is 38.7 Å². The molecule has 2 saturated heterocycles. The summed E-state index contributed by atoms with van der Waals surface area (Å²) in [7, 11) is -3.58. The Morgan fingerprint density at radius 2 is 1.90 bits per heavy atom. The quantitative estimate of drug-likeness (QED) is 0.571. The molecule has 2 aliphatic heterocycles. The van der Waals surface area contributed by atoms with Crippen LogP contribution < -0.4 is 0 Å². The zero-order valence-electron chi connectivity index (χ0n) is 16.8. The summed E-state index contributed by atoms with van der Waals surface area (Å²) < 4.78 is 39.9. The van der Waals surface area contributed by atoms with Crippen molar-refractivity contribution >= 4 is 27.8 Å². The third-order valence-electron chi connectivity index (χ3n) is 5.17. The predicted molar refractivity (Wildman–Crippen MR) is 112 cm³/mol. The minimum absolute atomic E-state index is 0.0138. The minimum atomic E-state index is -3.58. The number of carboxylic acids is 1. The van der Waals surface area contributed by atoms with E-state index in [0.29, 0.717) is 56.0 Å². The van der Waals surface area contributed by atoms with E-state index in [-0.39, 0.29) is 16.8 Å². The van der Waals surface area contributed by atoms with E-state index in [4.69, 9.17) is 14.6 Å². The minimum Gasteiger partial charge on any atom is -0.481 e. The summed E-state index contributed by atoms with van der Waals surface area (Å²) in [5.41, 5.74) is 0.702. The highest BCUT2D eigenvalue weighted by Gasteiger charge is 2.27. The second-order valence-electron chi connectivity index (χ2n) is 7.28. The van der Waals surface area contributed by atoms with Gasteiger partial charge in [0.15, 0.2) is 11.0 Å². The summed E-state index contributed by atoms with van der Waals surface area (Å²) >= 11 is 1.10. The number of sulfonamides is 1. The first-order valence-electron chi connectivity index (χ1n) is 10.0. The molecule has 1 atom stereocenters. The summed E-state index contributed by atoms with van der Waals surface area (Å²) in [4.78, 5) is 11.2.